The van der Waals surface area contributed by atoms with Crippen molar-refractivity contribution in [2.24, 2.45) is 0 Å². The Bertz CT molecular complexity index is 1410. The molecule has 2 aromatic heterocycles. The van der Waals surface area contributed by atoms with E-state index >= 15 is 0 Å². The highest BCUT2D eigenvalue weighted by Crippen LogP contribution is 2.40. The summed E-state index contributed by atoms with van der Waals surface area (Å²) in [5.41, 5.74) is 0.211. The Labute approximate surface area is 179 Å². The van der Waals surface area contributed by atoms with E-state index in [4.69, 9.17) is 20.4 Å². The number of carbonyl (C=O) groups excluding carboxylic acids is 1. The van der Waals surface area contributed by atoms with Crippen LogP contribution in [0.15, 0.2) is 74.5 Å². The molecule has 0 unspecified atom stereocenters. The fraction of sp³-hybridized carbons (Fsp3) is 0.0909. The Kier molecular flexibility index (Phi) is 4.37. The molecular weight excluding hydrogens is 424 g/mol. The molecule has 2 aromatic carbocycles. The normalized spacial score (nSPS) is 15.5. The molecule has 1 aliphatic rings. The molecule has 1 atom stereocenters. The summed E-state index contributed by atoms with van der Waals surface area (Å²) in [6.45, 7) is 0.0555. The average molecular weight is 437 g/mol. The van der Waals surface area contributed by atoms with Gasteiger partial charge in [0.25, 0.3) is 11.6 Å². The van der Waals surface area contributed by atoms with E-state index in [0.29, 0.717) is 16.3 Å². The number of nitrogens with zero attached hydrogens (tertiary/aromatic N) is 2. The van der Waals surface area contributed by atoms with E-state index in [1.54, 1.807) is 24.3 Å². The maximum atomic E-state index is 13.4. The smallest absolute Gasteiger partial charge is 0.291 e. The fourth-order valence-corrected chi connectivity index (χ4v) is 4.05. The highest BCUT2D eigenvalue weighted by Gasteiger charge is 2.43. The number of carbonyl (C=O) groups is 1. The van der Waals surface area contributed by atoms with Gasteiger partial charge in [0.1, 0.15) is 11.3 Å². The summed E-state index contributed by atoms with van der Waals surface area (Å²) in [6.07, 6.45) is 1.48. The first-order valence-corrected chi connectivity index (χ1v) is 9.66. The second kappa shape index (κ2) is 7.10. The summed E-state index contributed by atoms with van der Waals surface area (Å²) >= 11 is 6.06. The van der Waals surface area contributed by atoms with Crippen LogP contribution < -0.4 is 5.43 Å². The highest BCUT2D eigenvalue weighted by atomic mass is 35.5. The monoisotopic (exact) mass is 436 g/mol. The van der Waals surface area contributed by atoms with E-state index in [2.05, 4.69) is 0 Å². The highest BCUT2D eigenvalue weighted by molar-refractivity contribution is 6.31. The summed E-state index contributed by atoms with van der Waals surface area (Å²) in [5.74, 6) is -0.101. The number of benzene rings is 2. The van der Waals surface area contributed by atoms with Crippen molar-refractivity contribution in [2.45, 2.75) is 12.6 Å². The average Bonchev–Trinajstić information content (AvgIpc) is 3.36. The lowest BCUT2D eigenvalue weighted by Gasteiger charge is -2.24. The number of rotatable bonds is 4. The van der Waals surface area contributed by atoms with Crippen molar-refractivity contribution in [3.8, 4) is 0 Å². The number of nitro benzene ring substituents is 1. The molecule has 0 radical (unpaired) electrons. The topological polar surface area (TPSA) is 107 Å². The Hall–Kier alpha value is -3.91. The molecule has 3 heterocycles. The maximum Gasteiger partial charge on any atom is 0.291 e. The van der Waals surface area contributed by atoms with Crippen molar-refractivity contribution >= 4 is 34.2 Å². The first-order chi connectivity index (χ1) is 14.9. The molecular formula is C22H13ClN2O6. The molecule has 5 rings (SSSR count). The van der Waals surface area contributed by atoms with Crippen LogP contribution in [0.4, 0.5) is 5.69 Å². The maximum absolute atomic E-state index is 13.4. The van der Waals surface area contributed by atoms with Crippen LogP contribution in [0.5, 0.6) is 0 Å². The molecule has 0 N–H and O–H groups in total. The molecule has 0 bridgehead atoms. The number of hydrogen-bond donors (Lipinski definition) is 0. The summed E-state index contributed by atoms with van der Waals surface area (Å²) in [7, 11) is 0. The van der Waals surface area contributed by atoms with Crippen LogP contribution in [0.2, 0.25) is 5.02 Å². The van der Waals surface area contributed by atoms with Gasteiger partial charge in [-0.1, -0.05) is 23.7 Å². The Morgan fingerprint density at radius 2 is 1.94 bits per heavy atom. The first-order valence-electron chi connectivity index (χ1n) is 9.28. The van der Waals surface area contributed by atoms with E-state index in [-0.39, 0.29) is 34.5 Å². The SMILES string of the molecule is O=C1c2oc3ccc(Cl)cc3c(=O)c2[C@@H](c2cccc([N+](=O)[O-])c2)N1Cc1ccco1. The second-order valence-corrected chi connectivity index (χ2v) is 7.52. The minimum absolute atomic E-state index is 0.0555. The van der Waals surface area contributed by atoms with Crippen molar-refractivity contribution in [3.63, 3.8) is 0 Å². The molecule has 1 aliphatic heterocycles. The van der Waals surface area contributed by atoms with Crippen molar-refractivity contribution in [2.75, 3.05) is 0 Å². The van der Waals surface area contributed by atoms with Gasteiger partial charge < -0.3 is 13.7 Å². The van der Waals surface area contributed by atoms with Gasteiger partial charge in [-0.2, -0.15) is 0 Å². The van der Waals surface area contributed by atoms with Gasteiger partial charge in [-0.3, -0.25) is 19.7 Å². The third-order valence-corrected chi connectivity index (χ3v) is 5.47. The van der Waals surface area contributed by atoms with E-state index in [1.165, 1.54) is 41.5 Å². The van der Waals surface area contributed by atoms with Crippen molar-refractivity contribution in [1.29, 1.82) is 0 Å². The number of fused-ring (bicyclic) bond motifs is 2. The van der Waals surface area contributed by atoms with E-state index in [1.807, 2.05) is 0 Å². The molecule has 0 aliphatic carbocycles. The van der Waals surface area contributed by atoms with Crippen molar-refractivity contribution < 1.29 is 18.6 Å². The zero-order chi connectivity index (χ0) is 21.7. The van der Waals surface area contributed by atoms with E-state index in [9.17, 15) is 19.7 Å². The lowest BCUT2D eigenvalue weighted by atomic mass is 9.98. The zero-order valence-corrected chi connectivity index (χ0v) is 16.5. The van der Waals surface area contributed by atoms with Crippen LogP contribution in [-0.4, -0.2) is 15.7 Å². The summed E-state index contributed by atoms with van der Waals surface area (Å²) in [5, 5.41) is 11.9. The molecule has 0 saturated heterocycles. The Balaban J connectivity index is 1.76. The van der Waals surface area contributed by atoms with Crippen LogP contribution in [0.3, 0.4) is 0 Å². The third-order valence-electron chi connectivity index (χ3n) is 5.23. The quantitative estimate of drug-likeness (QED) is 0.339. The van der Waals surface area contributed by atoms with Gasteiger partial charge in [0.2, 0.25) is 5.76 Å². The molecule has 0 spiro atoms. The Morgan fingerprint density at radius 3 is 2.68 bits per heavy atom. The standard InChI is InChI=1S/C22H13ClN2O6/c23-13-6-7-17-16(10-13)20(26)18-19(12-3-1-4-14(9-12)25(28)29)24(22(27)21(18)31-17)11-15-5-2-8-30-15/h1-10,19H,11H2/t19-/m1/s1. The predicted molar refractivity (Wildman–Crippen MR) is 111 cm³/mol. The minimum Gasteiger partial charge on any atom is -0.467 e. The second-order valence-electron chi connectivity index (χ2n) is 7.08. The molecule has 0 saturated carbocycles. The number of amides is 1. The van der Waals surface area contributed by atoms with Gasteiger partial charge in [0.15, 0.2) is 5.43 Å². The molecule has 4 aromatic rings. The zero-order valence-electron chi connectivity index (χ0n) is 15.8. The number of nitro groups is 1. The lowest BCUT2D eigenvalue weighted by molar-refractivity contribution is -0.384. The molecule has 8 nitrogen and oxygen atoms in total. The van der Waals surface area contributed by atoms with Crippen molar-refractivity contribution in [3.05, 3.63) is 109 Å². The summed E-state index contributed by atoms with van der Waals surface area (Å²) in [4.78, 5) is 38.9. The fourth-order valence-electron chi connectivity index (χ4n) is 3.88. The third kappa shape index (κ3) is 3.08. The van der Waals surface area contributed by atoms with E-state index < -0.39 is 22.3 Å². The van der Waals surface area contributed by atoms with Crippen LogP contribution in [-0.2, 0) is 6.54 Å². The molecule has 154 valence electrons. The van der Waals surface area contributed by atoms with Crippen LogP contribution in [0, 0.1) is 10.1 Å². The lowest BCUT2D eigenvalue weighted by Crippen LogP contribution is -2.29. The van der Waals surface area contributed by atoms with Gasteiger partial charge in [0, 0.05) is 17.2 Å². The largest absolute Gasteiger partial charge is 0.467 e. The van der Waals surface area contributed by atoms with Crippen LogP contribution >= 0.6 is 11.6 Å². The van der Waals surface area contributed by atoms with Gasteiger partial charge in [-0.05, 0) is 35.9 Å². The Morgan fingerprint density at radius 1 is 1.10 bits per heavy atom. The van der Waals surface area contributed by atoms with E-state index in [0.717, 1.165) is 0 Å². The minimum atomic E-state index is -0.882. The molecule has 9 heteroatoms. The van der Waals surface area contributed by atoms with Crippen molar-refractivity contribution in [1.82, 2.24) is 4.90 Å². The number of non-ortho nitro benzene ring substituents is 1. The van der Waals surface area contributed by atoms with Crippen LogP contribution in [0.25, 0.3) is 11.0 Å². The molecule has 1 amide bonds. The van der Waals surface area contributed by atoms with Gasteiger partial charge in [-0.25, -0.2) is 0 Å². The van der Waals surface area contributed by atoms with Gasteiger partial charge in [0.05, 0.1) is 34.7 Å². The number of hydrogen-bond acceptors (Lipinski definition) is 6. The predicted octanol–water partition coefficient (Wildman–Crippen LogP) is 4.69. The number of furan rings is 1. The first kappa shape index (κ1) is 19.1. The summed E-state index contributed by atoms with van der Waals surface area (Å²) in [6, 6.07) is 12.9. The van der Waals surface area contributed by atoms with Gasteiger partial charge >= 0.3 is 0 Å². The molecule has 31 heavy (non-hydrogen) atoms. The summed E-state index contributed by atoms with van der Waals surface area (Å²) < 4.78 is 11.2. The van der Waals surface area contributed by atoms with Gasteiger partial charge in [-0.15, -0.1) is 0 Å². The van der Waals surface area contributed by atoms with Crippen LogP contribution in [0.1, 0.15) is 33.5 Å². The number of halogens is 1. The molecule has 0 fully saturated rings.